The molecule has 0 aromatic carbocycles. The van der Waals surface area contributed by atoms with Crippen LogP contribution in [0.5, 0.6) is 0 Å². The summed E-state index contributed by atoms with van der Waals surface area (Å²) in [5.74, 6) is 0.0680. The van der Waals surface area contributed by atoms with Gasteiger partial charge in [-0.25, -0.2) is 13.4 Å². The summed E-state index contributed by atoms with van der Waals surface area (Å²) in [7, 11) is -3.20. The largest absolute Gasteiger partial charge is 0.396 e. The number of rotatable bonds is 3. The Balaban J connectivity index is 2.38. The summed E-state index contributed by atoms with van der Waals surface area (Å²) >= 11 is 0. The van der Waals surface area contributed by atoms with E-state index in [-0.39, 0.29) is 29.2 Å². The summed E-state index contributed by atoms with van der Waals surface area (Å²) in [5, 5.41) is 8.66. The van der Waals surface area contributed by atoms with E-state index in [1.807, 2.05) is 0 Å². The minimum absolute atomic E-state index is 0.0130. The Kier molecular flexibility index (Phi) is 2.81. The second-order valence-electron chi connectivity index (χ2n) is 3.80. The fourth-order valence-corrected chi connectivity index (χ4v) is 3.20. The number of aliphatic hydroxyl groups excluding tert-OH is 1. The predicted octanol–water partition coefficient (Wildman–Crippen LogP) is -0.877. The Bertz CT molecular complexity index is 561. The number of aromatic nitrogens is 2. The maximum absolute atomic E-state index is 11.6. The molecule has 88 valence electrons. The normalized spacial score (nSPS) is 17.3. The van der Waals surface area contributed by atoms with Gasteiger partial charge in [-0.05, 0) is 6.42 Å². The molecule has 0 bridgehead atoms. The topological polar surface area (TPSA) is 100 Å². The van der Waals surface area contributed by atoms with Crippen LogP contribution in [0.2, 0.25) is 0 Å². The van der Waals surface area contributed by atoms with Gasteiger partial charge in [0.15, 0.2) is 9.84 Å². The molecule has 0 fully saturated rings. The first-order chi connectivity index (χ1) is 7.52. The van der Waals surface area contributed by atoms with Crippen molar-refractivity contribution >= 4 is 9.84 Å². The molecule has 0 saturated carbocycles. The van der Waals surface area contributed by atoms with E-state index in [1.165, 1.54) is 0 Å². The van der Waals surface area contributed by atoms with Crippen molar-refractivity contribution in [3.05, 3.63) is 27.4 Å². The van der Waals surface area contributed by atoms with Gasteiger partial charge in [0.1, 0.15) is 5.82 Å². The van der Waals surface area contributed by atoms with Crippen LogP contribution in [-0.2, 0) is 27.8 Å². The molecule has 2 heterocycles. The van der Waals surface area contributed by atoms with Crippen LogP contribution in [0.3, 0.4) is 0 Å². The Labute approximate surface area is 92.3 Å². The van der Waals surface area contributed by atoms with Crippen molar-refractivity contribution in [1.82, 2.24) is 9.97 Å². The molecule has 0 radical (unpaired) electrons. The van der Waals surface area contributed by atoms with E-state index in [9.17, 15) is 13.2 Å². The molecule has 1 aromatic rings. The second kappa shape index (κ2) is 3.99. The molecule has 2 rings (SSSR count). The lowest BCUT2D eigenvalue weighted by Gasteiger charge is -2.01. The van der Waals surface area contributed by atoms with E-state index in [4.69, 9.17) is 5.11 Å². The van der Waals surface area contributed by atoms with Crippen molar-refractivity contribution in [2.45, 2.75) is 24.3 Å². The number of fused-ring (bicyclic) bond motifs is 1. The molecular formula is C9H12N2O4S. The summed E-state index contributed by atoms with van der Waals surface area (Å²) in [4.78, 5) is 18.2. The molecule has 0 atom stereocenters. The Morgan fingerprint density at radius 2 is 2.12 bits per heavy atom. The van der Waals surface area contributed by atoms with Crippen LogP contribution in [0.25, 0.3) is 0 Å². The summed E-state index contributed by atoms with van der Waals surface area (Å²) in [6, 6.07) is 0. The van der Waals surface area contributed by atoms with Gasteiger partial charge < -0.3 is 10.1 Å². The third-order valence-corrected chi connectivity index (χ3v) is 3.88. The number of hydrogen-bond acceptors (Lipinski definition) is 5. The minimum atomic E-state index is -3.20. The average Bonchev–Trinajstić information content (AvgIpc) is 2.50. The number of aliphatic hydroxyl groups is 1. The number of sulfone groups is 1. The smallest absolute Gasteiger partial charge is 0.255 e. The summed E-state index contributed by atoms with van der Waals surface area (Å²) in [6.07, 6.45) is 0.938. The zero-order chi connectivity index (χ0) is 11.8. The lowest BCUT2D eigenvalue weighted by Crippen LogP contribution is -2.17. The summed E-state index contributed by atoms with van der Waals surface area (Å²) in [5.41, 5.74) is 0.239. The maximum atomic E-state index is 11.6. The highest BCUT2D eigenvalue weighted by atomic mass is 32.2. The van der Waals surface area contributed by atoms with Gasteiger partial charge >= 0.3 is 0 Å². The van der Waals surface area contributed by atoms with Gasteiger partial charge in [0.05, 0.1) is 22.8 Å². The Morgan fingerprint density at radius 1 is 1.38 bits per heavy atom. The predicted molar refractivity (Wildman–Crippen MR) is 56.6 cm³/mol. The van der Waals surface area contributed by atoms with Crippen molar-refractivity contribution in [2.24, 2.45) is 0 Å². The molecule has 6 nitrogen and oxygen atoms in total. The number of nitrogens with zero attached hydrogens (tertiary/aromatic N) is 1. The number of nitrogens with one attached hydrogen (secondary N) is 1. The molecule has 0 amide bonds. The zero-order valence-corrected chi connectivity index (χ0v) is 9.38. The van der Waals surface area contributed by atoms with Gasteiger partial charge in [0.25, 0.3) is 5.56 Å². The van der Waals surface area contributed by atoms with Gasteiger partial charge in [-0.2, -0.15) is 0 Å². The monoisotopic (exact) mass is 244 g/mol. The van der Waals surface area contributed by atoms with Crippen molar-refractivity contribution in [2.75, 3.05) is 6.61 Å². The Morgan fingerprint density at radius 3 is 2.81 bits per heavy atom. The molecule has 16 heavy (non-hydrogen) atoms. The quantitative estimate of drug-likeness (QED) is 0.719. The van der Waals surface area contributed by atoms with E-state index in [0.717, 1.165) is 0 Å². The molecule has 0 saturated heterocycles. The zero-order valence-electron chi connectivity index (χ0n) is 8.56. The van der Waals surface area contributed by atoms with Crippen LogP contribution in [-0.4, -0.2) is 30.1 Å². The van der Waals surface area contributed by atoms with Gasteiger partial charge in [-0.3, -0.25) is 4.79 Å². The van der Waals surface area contributed by atoms with Gasteiger partial charge in [0, 0.05) is 13.0 Å². The maximum Gasteiger partial charge on any atom is 0.255 e. The van der Waals surface area contributed by atoms with E-state index in [2.05, 4.69) is 9.97 Å². The van der Waals surface area contributed by atoms with E-state index in [1.54, 1.807) is 0 Å². The highest BCUT2D eigenvalue weighted by molar-refractivity contribution is 7.90. The highest BCUT2D eigenvalue weighted by Gasteiger charge is 2.28. The molecule has 7 heteroatoms. The molecule has 1 aromatic heterocycles. The van der Waals surface area contributed by atoms with Crippen molar-refractivity contribution in [3.8, 4) is 0 Å². The first-order valence-corrected chi connectivity index (χ1v) is 6.76. The molecule has 0 unspecified atom stereocenters. The summed E-state index contributed by atoms with van der Waals surface area (Å²) in [6.45, 7) is 0.0130. The van der Waals surface area contributed by atoms with E-state index in [0.29, 0.717) is 24.4 Å². The Hall–Kier alpha value is -1.21. The fraction of sp³-hybridized carbons (Fsp3) is 0.556. The third kappa shape index (κ3) is 2.14. The molecule has 1 aliphatic heterocycles. The van der Waals surface area contributed by atoms with Crippen LogP contribution in [0.4, 0.5) is 0 Å². The standard InChI is InChI=1S/C9H12N2O4S/c12-3-1-2-8-10-7-5-16(14,15)4-6(7)9(13)11-8/h12H,1-5H2,(H,10,11,13). The van der Waals surface area contributed by atoms with Gasteiger partial charge in [-0.1, -0.05) is 0 Å². The van der Waals surface area contributed by atoms with Crippen molar-refractivity contribution in [1.29, 1.82) is 0 Å². The van der Waals surface area contributed by atoms with Crippen LogP contribution in [0.15, 0.2) is 4.79 Å². The summed E-state index contributed by atoms with van der Waals surface area (Å²) < 4.78 is 22.7. The number of hydrogen-bond donors (Lipinski definition) is 2. The number of H-pyrrole nitrogens is 1. The molecule has 1 aliphatic rings. The number of aryl methyl sites for hydroxylation is 1. The average molecular weight is 244 g/mol. The highest BCUT2D eigenvalue weighted by Crippen LogP contribution is 2.19. The molecular weight excluding hydrogens is 232 g/mol. The van der Waals surface area contributed by atoms with E-state index >= 15 is 0 Å². The first-order valence-electron chi connectivity index (χ1n) is 4.94. The van der Waals surface area contributed by atoms with Crippen LogP contribution in [0, 0.1) is 0 Å². The molecule has 0 aliphatic carbocycles. The second-order valence-corrected chi connectivity index (χ2v) is 5.86. The van der Waals surface area contributed by atoms with Crippen LogP contribution >= 0.6 is 0 Å². The number of aromatic amines is 1. The van der Waals surface area contributed by atoms with Crippen molar-refractivity contribution in [3.63, 3.8) is 0 Å². The minimum Gasteiger partial charge on any atom is -0.396 e. The fourth-order valence-electron chi connectivity index (χ4n) is 1.71. The van der Waals surface area contributed by atoms with Gasteiger partial charge in [0.2, 0.25) is 0 Å². The van der Waals surface area contributed by atoms with Crippen LogP contribution < -0.4 is 5.56 Å². The van der Waals surface area contributed by atoms with Gasteiger partial charge in [-0.15, -0.1) is 0 Å². The first kappa shape index (κ1) is 11.3. The van der Waals surface area contributed by atoms with Crippen molar-refractivity contribution < 1.29 is 13.5 Å². The third-order valence-electron chi connectivity index (χ3n) is 2.44. The SMILES string of the molecule is O=c1[nH]c(CCCO)nc2c1CS(=O)(=O)C2. The lowest BCUT2D eigenvalue weighted by molar-refractivity contribution is 0.287. The lowest BCUT2D eigenvalue weighted by atomic mass is 10.2. The van der Waals surface area contributed by atoms with E-state index < -0.39 is 9.84 Å². The molecule has 0 spiro atoms. The van der Waals surface area contributed by atoms with Crippen LogP contribution in [0.1, 0.15) is 23.5 Å². The molecule has 2 N–H and O–H groups in total.